The molecule has 0 aliphatic heterocycles. The Hall–Kier alpha value is -0.210. The first-order chi connectivity index (χ1) is 6.93. The molecule has 0 fully saturated rings. The Kier molecular flexibility index (Phi) is 7.03. The Bertz CT molecular complexity index is 254. The van der Waals surface area contributed by atoms with Gasteiger partial charge in [0.15, 0.2) is 0 Å². The molecule has 0 aliphatic carbocycles. The quantitative estimate of drug-likeness (QED) is 0.476. The van der Waals surface area contributed by atoms with E-state index < -0.39 is 10.2 Å². The number of rotatable bonds is 8. The van der Waals surface area contributed by atoms with Crippen molar-refractivity contribution in [2.24, 2.45) is 11.7 Å². The zero-order valence-corrected chi connectivity index (χ0v) is 10.3. The van der Waals surface area contributed by atoms with Crippen molar-refractivity contribution < 1.29 is 13.2 Å². The van der Waals surface area contributed by atoms with E-state index in [1.54, 1.807) is 0 Å². The lowest BCUT2D eigenvalue weighted by Gasteiger charge is -2.20. The van der Waals surface area contributed by atoms with E-state index in [1.807, 2.05) is 13.8 Å². The maximum atomic E-state index is 11.4. The number of nitrogens with one attached hydrogen (secondary N) is 2. The van der Waals surface area contributed by atoms with Gasteiger partial charge in [-0.15, -0.1) is 0 Å². The summed E-state index contributed by atoms with van der Waals surface area (Å²) in [5.74, 6) is 0.161. The molecule has 1 unspecified atom stereocenters. The van der Waals surface area contributed by atoms with Crippen molar-refractivity contribution in [3.05, 3.63) is 0 Å². The van der Waals surface area contributed by atoms with Gasteiger partial charge >= 0.3 is 0 Å². The largest absolute Gasteiger partial charge is 0.383 e. The van der Waals surface area contributed by atoms with Crippen LogP contribution in [-0.4, -0.2) is 41.3 Å². The van der Waals surface area contributed by atoms with Crippen LogP contribution in [0.2, 0.25) is 0 Å². The lowest BCUT2D eigenvalue weighted by Crippen LogP contribution is -2.48. The van der Waals surface area contributed by atoms with Crippen molar-refractivity contribution in [3.63, 3.8) is 0 Å². The summed E-state index contributed by atoms with van der Waals surface area (Å²) in [5, 5.41) is 0. The number of methoxy groups -OCH3 is 1. The molecule has 0 heterocycles. The molecule has 92 valence electrons. The lowest BCUT2D eigenvalue weighted by molar-refractivity contribution is 0.204. The summed E-state index contributed by atoms with van der Waals surface area (Å²) in [4.78, 5) is 0. The minimum absolute atomic E-state index is 0.161. The van der Waals surface area contributed by atoms with Gasteiger partial charge < -0.3 is 10.5 Å². The van der Waals surface area contributed by atoms with Gasteiger partial charge in [0, 0.05) is 26.2 Å². The molecule has 0 aromatic rings. The second-order valence-corrected chi connectivity index (χ2v) is 5.13. The number of hydrogen-bond donors (Lipinski definition) is 3. The second kappa shape index (κ2) is 7.13. The van der Waals surface area contributed by atoms with Crippen LogP contribution in [-0.2, 0) is 14.9 Å². The first-order valence-corrected chi connectivity index (χ1v) is 6.37. The highest BCUT2D eigenvalue weighted by atomic mass is 32.2. The monoisotopic (exact) mass is 239 g/mol. The predicted molar refractivity (Wildman–Crippen MR) is 59.6 cm³/mol. The standard InChI is InChI=1S/C8H21N3O3S/c1-7(2)8(6-9)11-15(12,13)10-4-5-14-3/h7-8,10-11H,4-6,9H2,1-3H3. The van der Waals surface area contributed by atoms with E-state index in [0.29, 0.717) is 6.61 Å². The number of nitrogens with two attached hydrogens (primary N) is 1. The van der Waals surface area contributed by atoms with Gasteiger partial charge in [-0.05, 0) is 5.92 Å². The van der Waals surface area contributed by atoms with Gasteiger partial charge in [0.25, 0.3) is 10.2 Å². The van der Waals surface area contributed by atoms with E-state index in [-0.39, 0.29) is 25.0 Å². The maximum Gasteiger partial charge on any atom is 0.277 e. The molecule has 0 saturated carbocycles. The van der Waals surface area contributed by atoms with E-state index in [1.165, 1.54) is 7.11 Å². The molecule has 4 N–H and O–H groups in total. The minimum Gasteiger partial charge on any atom is -0.383 e. The molecule has 0 saturated heterocycles. The fourth-order valence-corrected chi connectivity index (χ4v) is 2.18. The molecule has 15 heavy (non-hydrogen) atoms. The van der Waals surface area contributed by atoms with Crippen LogP contribution in [0.5, 0.6) is 0 Å². The third-order valence-electron chi connectivity index (χ3n) is 1.96. The molecule has 0 aliphatic rings. The highest BCUT2D eigenvalue weighted by Gasteiger charge is 2.18. The van der Waals surface area contributed by atoms with Gasteiger partial charge in [-0.1, -0.05) is 13.8 Å². The van der Waals surface area contributed by atoms with E-state index in [0.717, 1.165) is 0 Å². The molecule has 0 aromatic carbocycles. The molecule has 0 bridgehead atoms. The summed E-state index contributed by atoms with van der Waals surface area (Å²) in [5.41, 5.74) is 5.46. The van der Waals surface area contributed by atoms with Crippen LogP contribution in [0.15, 0.2) is 0 Å². The van der Waals surface area contributed by atoms with Crippen molar-refractivity contribution in [2.75, 3.05) is 26.8 Å². The van der Waals surface area contributed by atoms with Gasteiger partial charge in [0.1, 0.15) is 0 Å². The average molecular weight is 239 g/mol. The Balaban J connectivity index is 4.11. The van der Waals surface area contributed by atoms with Crippen molar-refractivity contribution in [2.45, 2.75) is 19.9 Å². The van der Waals surface area contributed by atoms with Crippen LogP contribution in [0, 0.1) is 5.92 Å². The molecule has 7 heteroatoms. The summed E-state index contributed by atoms with van der Waals surface area (Å²) in [7, 11) is -1.96. The van der Waals surface area contributed by atoms with E-state index in [9.17, 15) is 8.42 Å². The van der Waals surface area contributed by atoms with Crippen LogP contribution in [0.1, 0.15) is 13.8 Å². The normalized spacial score (nSPS) is 14.5. The summed E-state index contributed by atoms with van der Waals surface area (Å²) in [6.07, 6.45) is 0. The van der Waals surface area contributed by atoms with Crippen molar-refractivity contribution in [3.8, 4) is 0 Å². The third kappa shape index (κ3) is 6.80. The molecule has 0 radical (unpaired) electrons. The van der Waals surface area contributed by atoms with E-state index in [2.05, 4.69) is 9.44 Å². The Morgan fingerprint density at radius 2 is 2.00 bits per heavy atom. The summed E-state index contributed by atoms with van der Waals surface area (Å²) in [6, 6.07) is -0.245. The van der Waals surface area contributed by atoms with Crippen molar-refractivity contribution in [1.29, 1.82) is 0 Å². The Morgan fingerprint density at radius 1 is 1.40 bits per heavy atom. The lowest BCUT2D eigenvalue weighted by atomic mass is 10.1. The van der Waals surface area contributed by atoms with Gasteiger partial charge in [-0.3, -0.25) is 0 Å². The highest BCUT2D eigenvalue weighted by molar-refractivity contribution is 7.87. The van der Waals surface area contributed by atoms with Crippen molar-refractivity contribution in [1.82, 2.24) is 9.44 Å². The smallest absolute Gasteiger partial charge is 0.277 e. The molecule has 6 nitrogen and oxygen atoms in total. The van der Waals surface area contributed by atoms with Crippen LogP contribution in [0.4, 0.5) is 0 Å². The van der Waals surface area contributed by atoms with Crippen LogP contribution < -0.4 is 15.2 Å². The molecular formula is C8H21N3O3S. The molecule has 0 aromatic heterocycles. The molecule has 0 amide bonds. The van der Waals surface area contributed by atoms with Gasteiger partial charge in [0.2, 0.25) is 0 Å². The summed E-state index contributed by atoms with van der Waals surface area (Å²) >= 11 is 0. The Morgan fingerprint density at radius 3 is 2.40 bits per heavy atom. The van der Waals surface area contributed by atoms with Crippen LogP contribution in [0.3, 0.4) is 0 Å². The first-order valence-electron chi connectivity index (χ1n) is 4.89. The van der Waals surface area contributed by atoms with E-state index in [4.69, 9.17) is 10.5 Å². The topological polar surface area (TPSA) is 93.4 Å². The third-order valence-corrected chi connectivity index (χ3v) is 3.16. The zero-order chi connectivity index (χ0) is 11.9. The maximum absolute atomic E-state index is 11.4. The fourth-order valence-electron chi connectivity index (χ4n) is 0.975. The van der Waals surface area contributed by atoms with E-state index >= 15 is 0 Å². The average Bonchev–Trinajstić information content (AvgIpc) is 2.14. The SMILES string of the molecule is COCCNS(=O)(=O)NC(CN)C(C)C. The highest BCUT2D eigenvalue weighted by Crippen LogP contribution is 2.00. The Labute approximate surface area is 91.7 Å². The summed E-state index contributed by atoms with van der Waals surface area (Å²) < 4.78 is 32.5. The molecule has 1 atom stereocenters. The molecule has 0 spiro atoms. The minimum atomic E-state index is -3.47. The van der Waals surface area contributed by atoms with Crippen molar-refractivity contribution >= 4 is 10.2 Å². The zero-order valence-electron chi connectivity index (χ0n) is 9.49. The molecule has 0 rings (SSSR count). The van der Waals surface area contributed by atoms with Gasteiger partial charge in [-0.2, -0.15) is 17.9 Å². The fraction of sp³-hybridized carbons (Fsp3) is 1.00. The second-order valence-electron chi connectivity index (χ2n) is 3.59. The van der Waals surface area contributed by atoms with Crippen LogP contribution >= 0.6 is 0 Å². The predicted octanol–water partition coefficient (Wildman–Crippen LogP) is -0.960. The first kappa shape index (κ1) is 14.8. The van der Waals surface area contributed by atoms with Gasteiger partial charge in [-0.25, -0.2) is 0 Å². The van der Waals surface area contributed by atoms with Crippen LogP contribution in [0.25, 0.3) is 0 Å². The number of ether oxygens (including phenoxy) is 1. The number of hydrogen-bond acceptors (Lipinski definition) is 4. The van der Waals surface area contributed by atoms with Gasteiger partial charge in [0.05, 0.1) is 6.61 Å². The summed E-state index contributed by atoms with van der Waals surface area (Å²) in [6.45, 7) is 4.70. The molecular weight excluding hydrogens is 218 g/mol.